The van der Waals surface area contributed by atoms with Crippen LogP contribution in [0.5, 0.6) is 0 Å². The fraction of sp³-hybridized carbons (Fsp3) is 0.182. The van der Waals surface area contributed by atoms with E-state index >= 15 is 0 Å². The summed E-state index contributed by atoms with van der Waals surface area (Å²) in [4.78, 5) is 0.532. The normalized spacial score (nSPS) is 23.5. The first-order valence-corrected chi connectivity index (χ1v) is 11.8. The van der Waals surface area contributed by atoms with E-state index in [-0.39, 0.29) is 6.04 Å². The van der Waals surface area contributed by atoms with Crippen LogP contribution in [0.4, 0.5) is 0 Å². The van der Waals surface area contributed by atoms with Crippen molar-refractivity contribution in [2.75, 3.05) is 0 Å². The molecule has 28 heavy (non-hydrogen) atoms. The minimum atomic E-state index is -3.72. The van der Waals surface area contributed by atoms with Gasteiger partial charge in [-0.05, 0) is 30.2 Å². The Labute approximate surface area is 168 Å². The van der Waals surface area contributed by atoms with Gasteiger partial charge in [0, 0.05) is 10.9 Å². The van der Waals surface area contributed by atoms with Crippen molar-refractivity contribution < 1.29 is 12.6 Å². The maximum Gasteiger partial charge on any atom is 0.232 e. The first-order chi connectivity index (χ1) is 13.5. The highest BCUT2D eigenvalue weighted by molar-refractivity contribution is 8.06. The van der Waals surface area contributed by atoms with Crippen LogP contribution in [0.1, 0.15) is 30.1 Å². The molecule has 0 amide bonds. The molecule has 0 saturated carbocycles. The summed E-state index contributed by atoms with van der Waals surface area (Å²) in [6, 6.07) is 27.0. The lowest BCUT2D eigenvalue weighted by Gasteiger charge is -2.49. The molecule has 4 rings (SSSR count). The fourth-order valence-corrected chi connectivity index (χ4v) is 8.30. The van der Waals surface area contributed by atoms with Crippen molar-refractivity contribution in [3.05, 3.63) is 102 Å². The maximum atomic E-state index is 13.3. The number of nitrogens with zero attached hydrogens (tertiary/aromatic N) is 1. The molecule has 1 saturated heterocycles. The highest BCUT2D eigenvalue weighted by Crippen LogP contribution is 2.49. The van der Waals surface area contributed by atoms with Gasteiger partial charge in [-0.2, -0.15) is 4.31 Å². The van der Waals surface area contributed by atoms with Gasteiger partial charge in [0.05, 0.1) is 16.8 Å². The Morgan fingerprint density at radius 1 is 0.821 bits per heavy atom. The lowest BCUT2D eigenvalue weighted by Crippen LogP contribution is -2.60. The predicted octanol–water partition coefficient (Wildman–Crippen LogP) is 4.27. The van der Waals surface area contributed by atoms with Crippen molar-refractivity contribution in [2.45, 2.75) is 28.5 Å². The maximum absolute atomic E-state index is 13.3. The number of sulfonamides is 1. The molecule has 1 aliphatic rings. The van der Waals surface area contributed by atoms with E-state index in [0.29, 0.717) is 4.90 Å². The molecular weight excluding hydrogens is 390 g/mol. The summed E-state index contributed by atoms with van der Waals surface area (Å²) in [5, 5.41) is 0. The van der Waals surface area contributed by atoms with E-state index < -0.39 is 31.4 Å². The third kappa shape index (κ3) is 3.21. The lowest BCUT2D eigenvalue weighted by atomic mass is 10.0. The van der Waals surface area contributed by atoms with Gasteiger partial charge in [-0.15, -0.1) is 0 Å². The van der Waals surface area contributed by atoms with Crippen molar-refractivity contribution in [3.8, 4) is 0 Å². The summed E-state index contributed by atoms with van der Waals surface area (Å²) >= 11 is 0. The number of rotatable bonds is 5. The Morgan fingerprint density at radius 2 is 1.32 bits per heavy atom. The molecular formula is C22H21NO3S2. The first kappa shape index (κ1) is 19.1. The summed E-state index contributed by atoms with van der Waals surface area (Å²) in [6.45, 7) is 1.88. The lowest BCUT2D eigenvalue weighted by molar-refractivity contribution is 0.227. The van der Waals surface area contributed by atoms with Gasteiger partial charge < -0.3 is 0 Å². The van der Waals surface area contributed by atoms with Crippen molar-refractivity contribution >= 4 is 20.8 Å². The fourth-order valence-electron chi connectivity index (χ4n) is 3.71. The Hall–Kier alpha value is -2.28. The topological polar surface area (TPSA) is 54.5 Å². The molecule has 0 aromatic heterocycles. The van der Waals surface area contributed by atoms with Crippen molar-refractivity contribution in [2.24, 2.45) is 0 Å². The zero-order valence-electron chi connectivity index (χ0n) is 15.4. The average molecular weight is 412 g/mol. The van der Waals surface area contributed by atoms with Crippen molar-refractivity contribution in [3.63, 3.8) is 0 Å². The summed E-state index contributed by atoms with van der Waals surface area (Å²) < 4.78 is 40.3. The van der Waals surface area contributed by atoms with Crippen LogP contribution < -0.4 is 0 Å². The van der Waals surface area contributed by atoms with E-state index in [0.717, 1.165) is 11.1 Å². The van der Waals surface area contributed by atoms with Crippen LogP contribution in [0, 0.1) is 0 Å². The van der Waals surface area contributed by atoms with E-state index in [1.165, 1.54) is 4.31 Å². The average Bonchev–Trinajstić information content (AvgIpc) is 2.74. The van der Waals surface area contributed by atoms with Gasteiger partial charge in [-0.3, -0.25) is 4.21 Å². The van der Waals surface area contributed by atoms with Crippen LogP contribution in [-0.4, -0.2) is 21.5 Å². The first-order valence-electron chi connectivity index (χ1n) is 9.09. The van der Waals surface area contributed by atoms with Crippen LogP contribution in [0.2, 0.25) is 0 Å². The molecule has 0 bridgehead atoms. The molecule has 0 unspecified atom stereocenters. The molecule has 144 valence electrons. The standard InChI is InChI=1S/C22H21NO3S2/c1-17(18-11-5-2-6-12-18)23-21(19-13-7-3-8-14-19)22(28(23,25)26)27(24)20-15-9-4-10-16-20/h2-17,21-22H,1H3/t17-,21+,22-,27-/m1/s1. The minimum Gasteiger partial charge on any atom is -0.253 e. The van der Waals surface area contributed by atoms with Gasteiger partial charge in [0.1, 0.15) is 0 Å². The molecule has 0 spiro atoms. The molecule has 1 fully saturated rings. The smallest absolute Gasteiger partial charge is 0.232 e. The van der Waals surface area contributed by atoms with Crippen LogP contribution in [0.15, 0.2) is 95.9 Å². The molecule has 0 N–H and O–H groups in total. The van der Waals surface area contributed by atoms with Gasteiger partial charge in [0.25, 0.3) is 0 Å². The summed E-state index contributed by atoms with van der Waals surface area (Å²) in [7, 11) is -5.39. The van der Waals surface area contributed by atoms with E-state index in [9.17, 15) is 12.6 Å². The molecule has 3 aromatic carbocycles. The molecule has 4 atom stereocenters. The quantitative estimate of drug-likeness (QED) is 0.630. The molecule has 1 heterocycles. The molecule has 4 nitrogen and oxygen atoms in total. The van der Waals surface area contributed by atoms with Crippen molar-refractivity contribution in [1.29, 1.82) is 0 Å². The second-order valence-corrected chi connectivity index (χ2v) is 10.6. The predicted molar refractivity (Wildman–Crippen MR) is 111 cm³/mol. The van der Waals surface area contributed by atoms with Gasteiger partial charge in [0.2, 0.25) is 10.0 Å². The van der Waals surface area contributed by atoms with Crippen LogP contribution in [0.3, 0.4) is 0 Å². The number of hydrogen-bond acceptors (Lipinski definition) is 3. The zero-order chi connectivity index (χ0) is 19.7. The van der Waals surface area contributed by atoms with Crippen LogP contribution in [-0.2, 0) is 20.8 Å². The number of benzene rings is 3. The Morgan fingerprint density at radius 3 is 1.89 bits per heavy atom. The highest BCUT2D eigenvalue weighted by Gasteiger charge is 2.59. The number of hydrogen-bond donors (Lipinski definition) is 0. The molecule has 3 aromatic rings. The van der Waals surface area contributed by atoms with Crippen LogP contribution in [0.25, 0.3) is 0 Å². The summed E-state index contributed by atoms with van der Waals surface area (Å²) in [6.07, 6.45) is 0. The van der Waals surface area contributed by atoms with Gasteiger partial charge >= 0.3 is 0 Å². The van der Waals surface area contributed by atoms with Gasteiger partial charge in [-0.25, -0.2) is 8.42 Å². The van der Waals surface area contributed by atoms with E-state index in [2.05, 4.69) is 0 Å². The van der Waals surface area contributed by atoms with Crippen molar-refractivity contribution in [1.82, 2.24) is 4.31 Å². The monoisotopic (exact) mass is 411 g/mol. The van der Waals surface area contributed by atoms with Gasteiger partial charge in [0.15, 0.2) is 4.58 Å². The minimum absolute atomic E-state index is 0.347. The zero-order valence-corrected chi connectivity index (χ0v) is 17.0. The second kappa shape index (κ2) is 7.62. The second-order valence-electron chi connectivity index (χ2n) is 6.80. The molecule has 6 heteroatoms. The van der Waals surface area contributed by atoms with Gasteiger partial charge in [-0.1, -0.05) is 78.9 Å². The van der Waals surface area contributed by atoms with E-state index in [4.69, 9.17) is 0 Å². The van der Waals surface area contributed by atoms with Crippen LogP contribution >= 0.6 is 0 Å². The SMILES string of the molecule is C[C@H](c1ccccc1)N1[C@@H](c2ccccc2)[C@H]([S@](=O)c2ccccc2)S1(=O)=O. The molecule has 0 aliphatic carbocycles. The molecule has 1 aliphatic heterocycles. The Bertz CT molecular complexity index is 1070. The highest BCUT2D eigenvalue weighted by atomic mass is 32.3. The Balaban J connectivity index is 1.78. The largest absolute Gasteiger partial charge is 0.253 e. The van der Waals surface area contributed by atoms with E-state index in [1.807, 2.05) is 73.7 Å². The Kier molecular flexibility index (Phi) is 5.19. The summed E-state index contributed by atoms with van der Waals surface area (Å²) in [5.74, 6) is 0. The van der Waals surface area contributed by atoms with E-state index in [1.54, 1.807) is 24.3 Å². The third-order valence-corrected chi connectivity index (χ3v) is 9.76. The molecule has 0 radical (unpaired) electrons. The third-order valence-electron chi connectivity index (χ3n) is 5.11. The summed E-state index contributed by atoms with van der Waals surface area (Å²) in [5.41, 5.74) is 1.77.